The number of carbonyl (C=O) groups excluding carboxylic acids is 1. The third-order valence-electron chi connectivity index (χ3n) is 2.78. The summed E-state index contributed by atoms with van der Waals surface area (Å²) in [7, 11) is 0. The number of nitrogens with zero attached hydrogens (tertiary/aromatic N) is 1. The quantitative estimate of drug-likeness (QED) is 0.703. The summed E-state index contributed by atoms with van der Waals surface area (Å²) in [6.07, 6.45) is 0.722. The Morgan fingerprint density at radius 1 is 1.44 bits per heavy atom. The molecule has 0 aromatic rings. The summed E-state index contributed by atoms with van der Waals surface area (Å²) in [6.45, 7) is 7.16. The molecule has 0 aliphatic carbocycles. The van der Waals surface area contributed by atoms with Gasteiger partial charge in [-0.2, -0.15) is 0 Å². The molecule has 0 saturated carbocycles. The van der Waals surface area contributed by atoms with Crippen molar-refractivity contribution in [1.82, 2.24) is 4.90 Å². The van der Waals surface area contributed by atoms with Crippen LogP contribution in [0.1, 0.15) is 34.1 Å². The molecule has 0 heterocycles. The van der Waals surface area contributed by atoms with E-state index in [0.29, 0.717) is 0 Å². The average molecular weight is 230 g/mol. The second kappa shape index (κ2) is 5.84. The number of hydrogen-bond acceptors (Lipinski definition) is 3. The lowest BCUT2D eigenvalue weighted by Gasteiger charge is -2.34. The van der Waals surface area contributed by atoms with Crippen LogP contribution in [0.5, 0.6) is 0 Å². The molecule has 0 spiro atoms. The lowest BCUT2D eigenvalue weighted by Crippen LogP contribution is -2.50. The van der Waals surface area contributed by atoms with Crippen molar-refractivity contribution in [2.75, 3.05) is 13.1 Å². The van der Waals surface area contributed by atoms with E-state index < -0.39 is 11.4 Å². The van der Waals surface area contributed by atoms with Crippen LogP contribution in [-0.2, 0) is 9.59 Å². The minimum Gasteiger partial charge on any atom is -0.480 e. The van der Waals surface area contributed by atoms with Crippen molar-refractivity contribution in [2.45, 2.75) is 40.2 Å². The number of aliphatic carboxylic acids is 1. The lowest BCUT2D eigenvalue weighted by molar-refractivity contribution is -0.150. The fourth-order valence-corrected chi connectivity index (χ4v) is 1.27. The molecule has 0 aromatic carbocycles. The Labute approximate surface area is 96.6 Å². The molecule has 0 aliphatic heterocycles. The Morgan fingerprint density at radius 3 is 2.25 bits per heavy atom. The summed E-state index contributed by atoms with van der Waals surface area (Å²) in [5.74, 6) is -1.20. The van der Waals surface area contributed by atoms with Crippen molar-refractivity contribution < 1.29 is 14.7 Å². The molecule has 0 rings (SSSR count). The van der Waals surface area contributed by atoms with E-state index in [0.717, 1.165) is 6.42 Å². The molecule has 0 aromatic heterocycles. The highest BCUT2D eigenvalue weighted by Crippen LogP contribution is 2.19. The second-order valence-electron chi connectivity index (χ2n) is 4.67. The molecular formula is C11H22N2O3. The first-order valence-electron chi connectivity index (χ1n) is 5.49. The number of hydrogen-bond donors (Lipinski definition) is 2. The predicted octanol–water partition coefficient (Wildman–Crippen LogP) is 0.683. The number of carbonyl (C=O) groups is 2. The first-order valence-corrected chi connectivity index (χ1v) is 5.49. The van der Waals surface area contributed by atoms with Gasteiger partial charge in [0.2, 0.25) is 5.91 Å². The van der Waals surface area contributed by atoms with E-state index in [1.54, 1.807) is 13.8 Å². The van der Waals surface area contributed by atoms with Crippen molar-refractivity contribution >= 4 is 11.9 Å². The van der Waals surface area contributed by atoms with Crippen LogP contribution in [0.15, 0.2) is 0 Å². The van der Waals surface area contributed by atoms with Crippen LogP contribution in [-0.4, -0.2) is 41.0 Å². The molecule has 1 unspecified atom stereocenters. The molecule has 5 heteroatoms. The van der Waals surface area contributed by atoms with Crippen LogP contribution in [0, 0.1) is 5.41 Å². The van der Waals surface area contributed by atoms with Gasteiger partial charge in [0.05, 0.1) is 5.41 Å². The minimum absolute atomic E-state index is 0.0885. The Balaban J connectivity index is 4.89. The molecule has 0 fully saturated rings. The van der Waals surface area contributed by atoms with Gasteiger partial charge in [-0.1, -0.05) is 6.92 Å². The number of carboxylic acid groups (broad SMARTS) is 1. The monoisotopic (exact) mass is 230 g/mol. The molecule has 3 N–H and O–H groups in total. The maximum Gasteiger partial charge on any atom is 0.323 e. The Hall–Kier alpha value is -1.10. The van der Waals surface area contributed by atoms with Gasteiger partial charge in [0.25, 0.3) is 0 Å². The number of rotatable bonds is 6. The highest BCUT2D eigenvalue weighted by atomic mass is 16.4. The Bertz CT molecular complexity index is 264. The maximum absolute atomic E-state index is 12.1. The smallest absolute Gasteiger partial charge is 0.323 e. The van der Waals surface area contributed by atoms with Crippen LogP contribution >= 0.6 is 0 Å². The van der Waals surface area contributed by atoms with Crippen LogP contribution in [0.2, 0.25) is 0 Å². The van der Waals surface area contributed by atoms with E-state index >= 15 is 0 Å². The molecule has 94 valence electrons. The molecular weight excluding hydrogens is 208 g/mol. The number of nitrogens with two attached hydrogens (primary N) is 1. The van der Waals surface area contributed by atoms with Crippen molar-refractivity contribution in [3.05, 3.63) is 0 Å². The Morgan fingerprint density at radius 2 is 1.94 bits per heavy atom. The normalized spacial score (nSPS) is 13.3. The highest BCUT2D eigenvalue weighted by Gasteiger charge is 2.33. The largest absolute Gasteiger partial charge is 0.480 e. The summed E-state index contributed by atoms with van der Waals surface area (Å²) in [5, 5.41) is 8.79. The van der Waals surface area contributed by atoms with Crippen molar-refractivity contribution in [2.24, 2.45) is 11.1 Å². The van der Waals surface area contributed by atoms with Crippen LogP contribution in [0.4, 0.5) is 0 Å². The molecule has 0 aliphatic rings. The van der Waals surface area contributed by atoms with Crippen molar-refractivity contribution in [3.63, 3.8) is 0 Å². The Kier molecular flexibility index (Phi) is 5.44. The van der Waals surface area contributed by atoms with Gasteiger partial charge in [-0.15, -0.1) is 0 Å². The standard InChI is InChI=1S/C11H22N2O3/c1-5-8(2)13(6-9(14)15)10(16)11(3,4)7-12/h8H,5-7,12H2,1-4H3,(H,14,15). The predicted molar refractivity (Wildman–Crippen MR) is 61.9 cm³/mol. The molecule has 1 amide bonds. The van der Waals surface area contributed by atoms with Crippen LogP contribution in [0.3, 0.4) is 0 Å². The van der Waals surface area contributed by atoms with E-state index in [1.807, 2.05) is 13.8 Å². The van der Waals surface area contributed by atoms with E-state index in [2.05, 4.69) is 0 Å². The van der Waals surface area contributed by atoms with Gasteiger partial charge >= 0.3 is 5.97 Å². The average Bonchev–Trinajstić information content (AvgIpc) is 2.23. The molecule has 1 atom stereocenters. The number of amides is 1. The lowest BCUT2D eigenvalue weighted by atomic mass is 9.91. The van der Waals surface area contributed by atoms with E-state index in [1.165, 1.54) is 4.90 Å². The molecule has 0 radical (unpaired) electrons. The van der Waals surface area contributed by atoms with Gasteiger partial charge in [0, 0.05) is 12.6 Å². The first kappa shape index (κ1) is 14.9. The van der Waals surface area contributed by atoms with Gasteiger partial charge in [0.1, 0.15) is 6.54 Å². The highest BCUT2D eigenvalue weighted by molar-refractivity contribution is 5.85. The summed E-state index contributed by atoms with van der Waals surface area (Å²) < 4.78 is 0. The molecule has 16 heavy (non-hydrogen) atoms. The third-order valence-corrected chi connectivity index (χ3v) is 2.78. The van der Waals surface area contributed by atoms with Crippen LogP contribution in [0.25, 0.3) is 0 Å². The molecule has 0 bridgehead atoms. The fourth-order valence-electron chi connectivity index (χ4n) is 1.27. The van der Waals surface area contributed by atoms with E-state index in [-0.39, 0.29) is 25.0 Å². The fraction of sp³-hybridized carbons (Fsp3) is 0.818. The van der Waals surface area contributed by atoms with E-state index in [9.17, 15) is 9.59 Å². The number of carboxylic acids is 1. The van der Waals surface area contributed by atoms with Gasteiger partial charge in [-0.25, -0.2) is 0 Å². The van der Waals surface area contributed by atoms with Gasteiger partial charge in [0.15, 0.2) is 0 Å². The minimum atomic E-state index is -0.999. The molecule has 0 saturated heterocycles. The molecule has 5 nitrogen and oxygen atoms in total. The van der Waals surface area contributed by atoms with Crippen molar-refractivity contribution in [3.8, 4) is 0 Å². The topological polar surface area (TPSA) is 83.6 Å². The van der Waals surface area contributed by atoms with Crippen LogP contribution < -0.4 is 5.73 Å². The third kappa shape index (κ3) is 3.81. The SMILES string of the molecule is CCC(C)N(CC(=O)O)C(=O)C(C)(C)CN. The summed E-state index contributed by atoms with van der Waals surface area (Å²) in [5.41, 5.74) is 4.81. The zero-order chi connectivity index (χ0) is 12.9. The first-order chi connectivity index (χ1) is 7.26. The summed E-state index contributed by atoms with van der Waals surface area (Å²) in [4.78, 5) is 24.2. The van der Waals surface area contributed by atoms with E-state index in [4.69, 9.17) is 10.8 Å². The van der Waals surface area contributed by atoms with Gasteiger partial charge in [-0.3, -0.25) is 9.59 Å². The zero-order valence-corrected chi connectivity index (χ0v) is 10.5. The van der Waals surface area contributed by atoms with Crippen molar-refractivity contribution in [1.29, 1.82) is 0 Å². The summed E-state index contributed by atoms with van der Waals surface area (Å²) in [6, 6.07) is -0.0885. The van der Waals surface area contributed by atoms with Gasteiger partial charge < -0.3 is 15.7 Å². The zero-order valence-electron chi connectivity index (χ0n) is 10.5. The van der Waals surface area contributed by atoms with Gasteiger partial charge in [-0.05, 0) is 27.2 Å². The summed E-state index contributed by atoms with van der Waals surface area (Å²) >= 11 is 0. The second-order valence-corrected chi connectivity index (χ2v) is 4.67. The maximum atomic E-state index is 12.1.